The number of anilines is 1. The Labute approximate surface area is 171 Å². The Morgan fingerprint density at radius 3 is 2.52 bits per heavy atom. The lowest BCUT2D eigenvalue weighted by Crippen LogP contribution is -2.20. The van der Waals surface area contributed by atoms with Gasteiger partial charge in [-0.1, -0.05) is 40.9 Å². The third kappa shape index (κ3) is 5.39. The normalized spacial score (nSPS) is 10.7. The zero-order chi connectivity index (χ0) is 19.4. The summed E-state index contributed by atoms with van der Waals surface area (Å²) in [6.07, 6.45) is 0. The molecule has 0 bridgehead atoms. The highest BCUT2D eigenvalue weighted by atomic mass is 35.5. The minimum absolute atomic E-state index is 0.125. The molecule has 1 heterocycles. The molecular weight excluding hydrogens is 409 g/mol. The summed E-state index contributed by atoms with van der Waals surface area (Å²) in [6, 6.07) is 14.0. The summed E-state index contributed by atoms with van der Waals surface area (Å²) >= 11 is 17.8. The van der Waals surface area contributed by atoms with Gasteiger partial charge in [0.05, 0.1) is 16.6 Å². The highest BCUT2D eigenvalue weighted by Crippen LogP contribution is 2.23. The van der Waals surface area contributed by atoms with Crippen molar-refractivity contribution in [2.24, 2.45) is 0 Å². The first-order chi connectivity index (χ1) is 12.9. The maximum Gasteiger partial charge on any atom is 0.263 e. The summed E-state index contributed by atoms with van der Waals surface area (Å²) in [6.45, 7) is 2.30. The summed E-state index contributed by atoms with van der Waals surface area (Å²) in [5.41, 5.74) is 1.86. The van der Waals surface area contributed by atoms with E-state index in [2.05, 4.69) is 10.4 Å². The molecule has 3 aromatic rings. The molecule has 27 heavy (non-hydrogen) atoms. The summed E-state index contributed by atoms with van der Waals surface area (Å²) in [7, 11) is 0. The predicted molar refractivity (Wildman–Crippen MR) is 108 cm³/mol. The molecule has 1 aromatic heterocycles. The van der Waals surface area contributed by atoms with Gasteiger partial charge in [0.2, 0.25) is 0 Å². The number of nitrogens with zero attached hydrogens (tertiary/aromatic N) is 2. The lowest BCUT2D eigenvalue weighted by Gasteiger charge is -2.07. The molecule has 140 valence electrons. The number of amides is 1. The number of carbonyl (C=O) groups excluding carboxylic acids is 1. The van der Waals surface area contributed by atoms with Gasteiger partial charge in [0, 0.05) is 16.8 Å². The summed E-state index contributed by atoms with van der Waals surface area (Å²) in [4.78, 5) is 12.1. The van der Waals surface area contributed by atoms with Gasteiger partial charge < -0.3 is 10.1 Å². The first kappa shape index (κ1) is 19.5. The molecule has 0 aliphatic heterocycles. The number of nitrogens with one attached hydrogen (secondary N) is 1. The molecular formula is C19H16Cl3N3O2. The Balaban J connectivity index is 1.59. The van der Waals surface area contributed by atoms with Crippen LogP contribution in [-0.2, 0) is 11.3 Å². The van der Waals surface area contributed by atoms with Crippen molar-refractivity contribution in [1.29, 1.82) is 0 Å². The van der Waals surface area contributed by atoms with Crippen molar-refractivity contribution in [1.82, 2.24) is 9.78 Å². The molecule has 1 amide bonds. The minimum atomic E-state index is -0.302. The molecule has 0 fully saturated rings. The van der Waals surface area contributed by atoms with E-state index < -0.39 is 0 Å². The molecule has 0 radical (unpaired) electrons. The number of hydrogen-bond acceptors (Lipinski definition) is 3. The molecule has 0 unspecified atom stereocenters. The standard InChI is InChI=1S/C19H16Cl3N3O2/c1-12-8-18(23-19(26)11-27-15-5-3-14(20)4-6-15)24-25(12)10-13-2-7-16(21)17(22)9-13/h2-9H,10-11H2,1H3,(H,23,24,26). The van der Waals surface area contributed by atoms with Crippen LogP contribution in [0.1, 0.15) is 11.3 Å². The lowest BCUT2D eigenvalue weighted by molar-refractivity contribution is -0.118. The van der Waals surface area contributed by atoms with Gasteiger partial charge in [-0.2, -0.15) is 5.10 Å². The Morgan fingerprint density at radius 2 is 1.81 bits per heavy atom. The van der Waals surface area contributed by atoms with Crippen LogP contribution in [0.5, 0.6) is 5.75 Å². The molecule has 1 N–H and O–H groups in total. The number of hydrogen-bond donors (Lipinski definition) is 1. The van der Waals surface area contributed by atoms with E-state index in [-0.39, 0.29) is 12.5 Å². The maximum atomic E-state index is 12.1. The van der Waals surface area contributed by atoms with Gasteiger partial charge in [-0.05, 0) is 48.9 Å². The number of aryl methyl sites for hydroxylation is 1. The topological polar surface area (TPSA) is 56.1 Å². The zero-order valence-electron chi connectivity index (χ0n) is 14.4. The number of rotatable bonds is 6. The van der Waals surface area contributed by atoms with E-state index >= 15 is 0 Å². The SMILES string of the molecule is Cc1cc(NC(=O)COc2ccc(Cl)cc2)nn1Cc1ccc(Cl)c(Cl)c1. The van der Waals surface area contributed by atoms with Crippen molar-refractivity contribution < 1.29 is 9.53 Å². The number of ether oxygens (including phenoxy) is 1. The monoisotopic (exact) mass is 423 g/mol. The minimum Gasteiger partial charge on any atom is -0.484 e. The second kappa shape index (κ2) is 8.65. The number of halogens is 3. The summed E-state index contributed by atoms with van der Waals surface area (Å²) in [5.74, 6) is 0.720. The molecule has 5 nitrogen and oxygen atoms in total. The van der Waals surface area contributed by atoms with Crippen molar-refractivity contribution in [2.75, 3.05) is 11.9 Å². The number of carbonyl (C=O) groups is 1. The first-order valence-electron chi connectivity index (χ1n) is 8.07. The molecule has 0 aliphatic carbocycles. The van der Waals surface area contributed by atoms with Gasteiger partial charge in [-0.25, -0.2) is 0 Å². The van der Waals surface area contributed by atoms with Gasteiger partial charge in [0.1, 0.15) is 5.75 Å². The molecule has 8 heteroatoms. The van der Waals surface area contributed by atoms with Gasteiger partial charge in [-0.3, -0.25) is 9.48 Å². The van der Waals surface area contributed by atoms with Crippen molar-refractivity contribution in [2.45, 2.75) is 13.5 Å². The van der Waals surface area contributed by atoms with E-state index in [1.807, 2.05) is 13.0 Å². The van der Waals surface area contributed by atoms with Crippen LogP contribution in [0.25, 0.3) is 0 Å². The van der Waals surface area contributed by atoms with E-state index in [4.69, 9.17) is 39.5 Å². The molecule has 0 aliphatic rings. The summed E-state index contributed by atoms with van der Waals surface area (Å²) in [5, 5.41) is 8.73. The van der Waals surface area contributed by atoms with E-state index in [0.717, 1.165) is 11.3 Å². The largest absolute Gasteiger partial charge is 0.484 e. The Bertz CT molecular complexity index is 955. The molecule has 0 spiro atoms. The fourth-order valence-electron chi connectivity index (χ4n) is 2.40. The van der Waals surface area contributed by atoms with Gasteiger partial charge in [0.25, 0.3) is 5.91 Å². The van der Waals surface area contributed by atoms with Crippen LogP contribution < -0.4 is 10.1 Å². The fraction of sp³-hybridized carbons (Fsp3) is 0.158. The summed E-state index contributed by atoms with van der Waals surface area (Å²) < 4.78 is 7.19. The molecule has 0 saturated carbocycles. The van der Waals surface area contributed by atoms with Crippen molar-refractivity contribution >= 4 is 46.5 Å². The Hall–Kier alpha value is -2.21. The predicted octanol–water partition coefficient (Wildman–Crippen LogP) is 5.22. The number of aromatic nitrogens is 2. The van der Waals surface area contributed by atoms with E-state index in [9.17, 15) is 4.79 Å². The molecule has 0 saturated heterocycles. The highest BCUT2D eigenvalue weighted by Gasteiger charge is 2.10. The van der Waals surface area contributed by atoms with Crippen LogP contribution in [0, 0.1) is 6.92 Å². The lowest BCUT2D eigenvalue weighted by atomic mass is 10.2. The van der Waals surface area contributed by atoms with E-state index in [1.165, 1.54) is 0 Å². The third-order valence-corrected chi connectivity index (χ3v) is 4.74. The van der Waals surface area contributed by atoms with Crippen molar-refractivity contribution in [3.63, 3.8) is 0 Å². The van der Waals surface area contributed by atoms with Gasteiger partial charge in [-0.15, -0.1) is 0 Å². The fourth-order valence-corrected chi connectivity index (χ4v) is 2.85. The van der Waals surface area contributed by atoms with Crippen molar-refractivity contribution in [3.05, 3.63) is 74.9 Å². The molecule has 0 atom stereocenters. The van der Waals surface area contributed by atoms with Crippen LogP contribution in [0.3, 0.4) is 0 Å². The van der Waals surface area contributed by atoms with Gasteiger partial charge >= 0.3 is 0 Å². The van der Waals surface area contributed by atoms with Crippen LogP contribution >= 0.6 is 34.8 Å². The second-order valence-electron chi connectivity index (χ2n) is 5.87. The first-order valence-corrected chi connectivity index (χ1v) is 9.21. The van der Waals surface area contributed by atoms with E-state index in [0.29, 0.717) is 33.2 Å². The van der Waals surface area contributed by atoms with E-state index in [1.54, 1.807) is 47.1 Å². The molecule has 3 rings (SSSR count). The van der Waals surface area contributed by atoms with Crippen LogP contribution in [-0.4, -0.2) is 22.3 Å². The van der Waals surface area contributed by atoms with Gasteiger partial charge in [0.15, 0.2) is 12.4 Å². The molecule has 2 aromatic carbocycles. The average molecular weight is 425 g/mol. The Morgan fingerprint density at radius 1 is 1.07 bits per heavy atom. The zero-order valence-corrected chi connectivity index (χ0v) is 16.6. The van der Waals surface area contributed by atoms with Crippen LogP contribution in [0.15, 0.2) is 48.5 Å². The van der Waals surface area contributed by atoms with Crippen molar-refractivity contribution in [3.8, 4) is 5.75 Å². The number of benzene rings is 2. The Kier molecular flexibility index (Phi) is 6.26. The third-order valence-electron chi connectivity index (χ3n) is 3.75. The smallest absolute Gasteiger partial charge is 0.263 e. The maximum absolute atomic E-state index is 12.1. The quantitative estimate of drug-likeness (QED) is 0.590. The second-order valence-corrected chi connectivity index (χ2v) is 7.12. The highest BCUT2D eigenvalue weighted by molar-refractivity contribution is 6.42. The average Bonchev–Trinajstić information content (AvgIpc) is 2.96. The van der Waals surface area contributed by atoms with Crippen LogP contribution in [0.2, 0.25) is 15.1 Å². The van der Waals surface area contributed by atoms with Crippen LogP contribution in [0.4, 0.5) is 5.82 Å².